The van der Waals surface area contributed by atoms with Crippen LogP contribution in [0.5, 0.6) is 5.75 Å². The predicted octanol–water partition coefficient (Wildman–Crippen LogP) is 3.75. The summed E-state index contributed by atoms with van der Waals surface area (Å²) < 4.78 is 11.4. The van der Waals surface area contributed by atoms with Crippen molar-refractivity contribution in [2.75, 3.05) is 6.61 Å². The molecule has 1 aliphatic heterocycles. The molecule has 88 valence electrons. The second-order valence-corrected chi connectivity index (χ2v) is 4.42. The van der Waals surface area contributed by atoms with Gasteiger partial charge in [0.2, 0.25) is 0 Å². The monoisotopic (exact) mass is 228 g/mol. The molecule has 2 aromatic carbocycles. The average Bonchev–Trinajstić information content (AvgIpc) is 2.40. The Hall–Kier alpha value is -1.54. The third kappa shape index (κ3) is 2.42. The van der Waals surface area contributed by atoms with Gasteiger partial charge in [-0.25, -0.2) is 0 Å². The van der Waals surface area contributed by atoms with E-state index in [2.05, 4.69) is 24.3 Å². The van der Waals surface area contributed by atoms with E-state index in [0.717, 1.165) is 25.2 Å². The summed E-state index contributed by atoms with van der Waals surface area (Å²) in [4.78, 5) is 0. The predicted molar refractivity (Wildman–Crippen MR) is 68.2 cm³/mol. The third-order valence-corrected chi connectivity index (χ3v) is 3.13. The number of hydrogen-bond donors (Lipinski definition) is 0. The summed E-state index contributed by atoms with van der Waals surface area (Å²) in [7, 11) is 0. The van der Waals surface area contributed by atoms with Crippen LogP contribution in [0, 0.1) is 0 Å². The maximum absolute atomic E-state index is 5.84. The van der Waals surface area contributed by atoms with Crippen LogP contribution in [-0.2, 0) is 4.74 Å². The molecule has 2 heteroatoms. The van der Waals surface area contributed by atoms with Crippen LogP contribution < -0.4 is 4.74 Å². The lowest BCUT2D eigenvalue weighted by Crippen LogP contribution is -2.24. The summed E-state index contributed by atoms with van der Waals surface area (Å²) in [6, 6.07) is 14.5. The van der Waals surface area contributed by atoms with Gasteiger partial charge in [0.25, 0.3) is 0 Å². The fourth-order valence-electron chi connectivity index (χ4n) is 2.20. The van der Waals surface area contributed by atoms with Crippen LogP contribution in [0.4, 0.5) is 0 Å². The van der Waals surface area contributed by atoms with Gasteiger partial charge in [0.1, 0.15) is 5.75 Å². The molecular formula is C15H16O2. The first kappa shape index (κ1) is 10.6. The van der Waals surface area contributed by atoms with Gasteiger partial charge in [0.05, 0.1) is 6.61 Å². The van der Waals surface area contributed by atoms with Gasteiger partial charge in [-0.05, 0) is 35.7 Å². The Morgan fingerprint density at radius 1 is 1.00 bits per heavy atom. The molecule has 1 aliphatic rings. The van der Waals surface area contributed by atoms with Gasteiger partial charge in [-0.15, -0.1) is 0 Å². The van der Waals surface area contributed by atoms with Crippen LogP contribution in [0.25, 0.3) is 10.8 Å². The van der Waals surface area contributed by atoms with Gasteiger partial charge in [-0.1, -0.05) is 30.3 Å². The van der Waals surface area contributed by atoms with E-state index in [1.807, 2.05) is 18.2 Å². The minimum Gasteiger partial charge on any atom is -0.465 e. The van der Waals surface area contributed by atoms with Crippen molar-refractivity contribution in [3.63, 3.8) is 0 Å². The molecule has 0 saturated carbocycles. The van der Waals surface area contributed by atoms with Crippen LogP contribution >= 0.6 is 0 Å². The topological polar surface area (TPSA) is 18.5 Å². The number of rotatable bonds is 2. The number of ether oxygens (including phenoxy) is 2. The van der Waals surface area contributed by atoms with Gasteiger partial charge in [-0.3, -0.25) is 0 Å². The fraction of sp³-hybridized carbons (Fsp3) is 0.333. The average molecular weight is 228 g/mol. The first-order valence-electron chi connectivity index (χ1n) is 6.19. The normalized spacial score (nSPS) is 20.4. The summed E-state index contributed by atoms with van der Waals surface area (Å²) in [5.74, 6) is 0.899. The highest BCUT2D eigenvalue weighted by Gasteiger charge is 2.14. The molecule has 1 atom stereocenters. The summed E-state index contributed by atoms with van der Waals surface area (Å²) in [5, 5.41) is 2.45. The summed E-state index contributed by atoms with van der Waals surface area (Å²) in [5.41, 5.74) is 0. The SMILES string of the molecule is c1ccc2cc(OC3CCCCO3)ccc2c1. The second-order valence-electron chi connectivity index (χ2n) is 4.42. The minimum atomic E-state index is -0.0649. The zero-order chi connectivity index (χ0) is 11.5. The highest BCUT2D eigenvalue weighted by atomic mass is 16.7. The van der Waals surface area contributed by atoms with Crippen LogP contribution in [-0.4, -0.2) is 12.9 Å². The molecule has 0 aliphatic carbocycles. The Morgan fingerprint density at radius 3 is 2.71 bits per heavy atom. The molecule has 2 nitrogen and oxygen atoms in total. The highest BCUT2D eigenvalue weighted by Crippen LogP contribution is 2.23. The van der Waals surface area contributed by atoms with E-state index < -0.39 is 0 Å². The van der Waals surface area contributed by atoms with E-state index in [4.69, 9.17) is 9.47 Å². The van der Waals surface area contributed by atoms with Crippen molar-refractivity contribution in [1.29, 1.82) is 0 Å². The Kier molecular flexibility index (Phi) is 2.97. The van der Waals surface area contributed by atoms with Crippen molar-refractivity contribution in [1.82, 2.24) is 0 Å². The molecule has 2 aromatic rings. The molecule has 17 heavy (non-hydrogen) atoms. The first-order valence-corrected chi connectivity index (χ1v) is 6.19. The van der Waals surface area contributed by atoms with Crippen molar-refractivity contribution in [2.45, 2.75) is 25.6 Å². The summed E-state index contributed by atoms with van der Waals surface area (Å²) >= 11 is 0. The minimum absolute atomic E-state index is 0.0649. The van der Waals surface area contributed by atoms with E-state index in [1.165, 1.54) is 17.2 Å². The van der Waals surface area contributed by atoms with Gasteiger partial charge < -0.3 is 9.47 Å². The van der Waals surface area contributed by atoms with Crippen LogP contribution in [0.2, 0.25) is 0 Å². The molecule has 1 heterocycles. The van der Waals surface area contributed by atoms with Gasteiger partial charge in [-0.2, -0.15) is 0 Å². The second kappa shape index (κ2) is 4.76. The van der Waals surface area contributed by atoms with Crippen LogP contribution in [0.3, 0.4) is 0 Å². The molecule has 0 aromatic heterocycles. The largest absolute Gasteiger partial charge is 0.465 e. The van der Waals surface area contributed by atoms with Crippen molar-refractivity contribution < 1.29 is 9.47 Å². The van der Waals surface area contributed by atoms with Crippen molar-refractivity contribution in [3.05, 3.63) is 42.5 Å². The molecule has 0 amide bonds. The van der Waals surface area contributed by atoms with Gasteiger partial charge in [0.15, 0.2) is 6.29 Å². The lowest BCUT2D eigenvalue weighted by atomic mass is 10.1. The molecule has 3 rings (SSSR count). The van der Waals surface area contributed by atoms with E-state index >= 15 is 0 Å². The molecule has 0 spiro atoms. The molecule has 0 bridgehead atoms. The highest BCUT2D eigenvalue weighted by molar-refractivity contribution is 5.83. The first-order chi connectivity index (χ1) is 8.42. The molecule has 1 unspecified atom stereocenters. The van der Waals surface area contributed by atoms with Crippen LogP contribution in [0.15, 0.2) is 42.5 Å². The summed E-state index contributed by atoms with van der Waals surface area (Å²) in [6.45, 7) is 0.818. The number of hydrogen-bond acceptors (Lipinski definition) is 2. The van der Waals surface area contributed by atoms with Crippen molar-refractivity contribution in [2.24, 2.45) is 0 Å². The fourth-order valence-corrected chi connectivity index (χ4v) is 2.20. The zero-order valence-electron chi connectivity index (χ0n) is 9.76. The van der Waals surface area contributed by atoms with E-state index in [-0.39, 0.29) is 6.29 Å². The standard InChI is InChI=1S/C15H16O2/c1-2-6-13-11-14(9-8-12(13)5-1)17-15-7-3-4-10-16-15/h1-2,5-6,8-9,11,15H,3-4,7,10H2. The number of fused-ring (bicyclic) bond motifs is 1. The van der Waals surface area contributed by atoms with E-state index in [9.17, 15) is 0 Å². The quantitative estimate of drug-likeness (QED) is 0.779. The van der Waals surface area contributed by atoms with E-state index in [1.54, 1.807) is 0 Å². The molecule has 0 N–H and O–H groups in total. The Bertz CT molecular complexity index is 501. The number of benzene rings is 2. The summed E-state index contributed by atoms with van der Waals surface area (Å²) in [6.07, 6.45) is 3.27. The molecular weight excluding hydrogens is 212 g/mol. The molecule has 1 fully saturated rings. The van der Waals surface area contributed by atoms with E-state index in [0.29, 0.717) is 0 Å². The molecule has 0 radical (unpaired) electrons. The molecule has 1 saturated heterocycles. The smallest absolute Gasteiger partial charge is 0.199 e. The third-order valence-electron chi connectivity index (χ3n) is 3.13. The maximum Gasteiger partial charge on any atom is 0.199 e. The maximum atomic E-state index is 5.84. The zero-order valence-corrected chi connectivity index (χ0v) is 9.76. The lowest BCUT2D eigenvalue weighted by Gasteiger charge is -2.23. The van der Waals surface area contributed by atoms with Gasteiger partial charge >= 0.3 is 0 Å². The lowest BCUT2D eigenvalue weighted by molar-refractivity contribution is -0.105. The van der Waals surface area contributed by atoms with Crippen LogP contribution in [0.1, 0.15) is 19.3 Å². The Morgan fingerprint density at radius 2 is 1.88 bits per heavy atom. The van der Waals surface area contributed by atoms with Crippen molar-refractivity contribution >= 4 is 10.8 Å². The van der Waals surface area contributed by atoms with Gasteiger partial charge in [0, 0.05) is 6.42 Å². The Labute approximate surface area is 101 Å². The Balaban J connectivity index is 1.80. The van der Waals surface area contributed by atoms with Crippen molar-refractivity contribution in [3.8, 4) is 5.75 Å².